The first-order valence-corrected chi connectivity index (χ1v) is 10.6. The number of hydrogen-bond acceptors (Lipinski definition) is 6. The number of sulfone groups is 1. The van der Waals surface area contributed by atoms with Crippen LogP contribution in [-0.2, 0) is 21.2 Å². The first-order valence-electron chi connectivity index (χ1n) is 7.93. The number of nitrogens with one attached hydrogen (secondary N) is 1. The van der Waals surface area contributed by atoms with Gasteiger partial charge in [-0.15, -0.1) is 11.3 Å². The van der Waals surface area contributed by atoms with Gasteiger partial charge in [0.25, 0.3) is 0 Å². The quantitative estimate of drug-likeness (QED) is 0.814. The Labute approximate surface area is 145 Å². The van der Waals surface area contributed by atoms with E-state index in [0.717, 1.165) is 16.3 Å². The highest BCUT2D eigenvalue weighted by molar-refractivity contribution is 7.91. The number of imidazole rings is 1. The molecule has 3 heterocycles. The molecule has 0 unspecified atom stereocenters. The Bertz CT molecular complexity index is 840. The molecule has 0 aliphatic carbocycles. The van der Waals surface area contributed by atoms with Crippen molar-refractivity contribution in [1.82, 2.24) is 19.6 Å². The molecule has 0 aromatic carbocycles. The van der Waals surface area contributed by atoms with Crippen LogP contribution in [0.4, 0.5) is 0 Å². The van der Waals surface area contributed by atoms with Crippen molar-refractivity contribution < 1.29 is 13.2 Å². The van der Waals surface area contributed by atoms with Crippen LogP contribution in [0.25, 0.3) is 4.96 Å². The van der Waals surface area contributed by atoms with E-state index in [0.29, 0.717) is 25.9 Å². The number of hydrogen-bond donors (Lipinski definition) is 1. The summed E-state index contributed by atoms with van der Waals surface area (Å²) in [5.74, 6) is 0.414. The average molecular weight is 371 g/mol. The first kappa shape index (κ1) is 17.4. The number of rotatable bonds is 6. The van der Waals surface area contributed by atoms with Gasteiger partial charge in [0, 0.05) is 36.3 Å². The summed E-state index contributed by atoms with van der Waals surface area (Å²) in [7, 11) is -1.01. The van der Waals surface area contributed by atoms with Gasteiger partial charge in [-0.3, -0.25) is 9.20 Å². The van der Waals surface area contributed by atoms with Crippen molar-refractivity contribution in [3.8, 4) is 0 Å². The largest absolute Gasteiger partial charge is 0.350 e. The lowest BCUT2D eigenvalue weighted by Gasteiger charge is -2.22. The SMILES string of the molecule is Cc1csc2nc(CNC(=O)CCN(C)[C@@H]3CCS(=O)(=O)C3)cn12. The lowest BCUT2D eigenvalue weighted by atomic mass is 10.2. The number of nitrogens with zero attached hydrogens (tertiary/aromatic N) is 3. The van der Waals surface area contributed by atoms with E-state index in [9.17, 15) is 13.2 Å². The summed E-state index contributed by atoms with van der Waals surface area (Å²) < 4.78 is 25.0. The third-order valence-corrected chi connectivity index (χ3v) is 7.14. The second-order valence-electron chi connectivity index (χ2n) is 6.33. The molecule has 1 fully saturated rings. The van der Waals surface area contributed by atoms with Gasteiger partial charge in [-0.1, -0.05) is 0 Å². The standard InChI is InChI=1S/C15H22N4O3S2/c1-11-9-23-15-17-12(8-19(11)15)7-16-14(20)3-5-18(2)13-4-6-24(21,22)10-13/h8-9,13H,3-7,10H2,1-2H3,(H,16,20)/t13-/m1/s1. The molecule has 0 spiro atoms. The van der Waals surface area contributed by atoms with Crippen LogP contribution < -0.4 is 5.32 Å². The molecule has 1 aliphatic heterocycles. The van der Waals surface area contributed by atoms with Gasteiger partial charge in [0.05, 0.1) is 23.7 Å². The topological polar surface area (TPSA) is 83.8 Å². The fourth-order valence-corrected chi connectivity index (χ4v) is 5.56. The molecule has 1 atom stereocenters. The molecule has 0 radical (unpaired) electrons. The fraction of sp³-hybridized carbons (Fsp3) is 0.600. The van der Waals surface area contributed by atoms with Gasteiger partial charge in [-0.25, -0.2) is 13.4 Å². The highest BCUT2D eigenvalue weighted by Gasteiger charge is 2.30. The number of fused-ring (bicyclic) bond motifs is 1. The Morgan fingerprint density at radius 3 is 3.00 bits per heavy atom. The maximum Gasteiger partial charge on any atom is 0.221 e. The molecule has 7 nitrogen and oxygen atoms in total. The third-order valence-electron chi connectivity index (χ3n) is 4.43. The van der Waals surface area contributed by atoms with Gasteiger partial charge in [0.2, 0.25) is 5.91 Å². The lowest BCUT2D eigenvalue weighted by Crippen LogP contribution is -2.36. The van der Waals surface area contributed by atoms with Crippen molar-refractivity contribution in [3.05, 3.63) is 23.0 Å². The first-order chi connectivity index (χ1) is 11.3. The van der Waals surface area contributed by atoms with Crippen LogP contribution in [0.3, 0.4) is 0 Å². The van der Waals surface area contributed by atoms with Crippen LogP contribution in [-0.4, -0.2) is 59.7 Å². The van der Waals surface area contributed by atoms with Crippen molar-refractivity contribution in [1.29, 1.82) is 0 Å². The second-order valence-corrected chi connectivity index (χ2v) is 9.39. The predicted molar refractivity (Wildman–Crippen MR) is 94.0 cm³/mol. The predicted octanol–water partition coefficient (Wildman–Crippen LogP) is 0.829. The smallest absolute Gasteiger partial charge is 0.221 e. The average Bonchev–Trinajstić information content (AvgIpc) is 3.19. The number of thiazole rings is 1. The summed E-state index contributed by atoms with van der Waals surface area (Å²) in [5.41, 5.74) is 1.97. The van der Waals surface area contributed by atoms with Gasteiger partial charge >= 0.3 is 0 Å². The molecule has 2 aromatic heterocycles. The summed E-state index contributed by atoms with van der Waals surface area (Å²) in [5, 5.41) is 4.92. The molecular weight excluding hydrogens is 348 g/mol. The molecule has 0 bridgehead atoms. The monoisotopic (exact) mass is 370 g/mol. The van der Waals surface area contributed by atoms with Crippen LogP contribution in [0.1, 0.15) is 24.2 Å². The van der Waals surface area contributed by atoms with Crippen molar-refractivity contribution in [3.63, 3.8) is 0 Å². The van der Waals surface area contributed by atoms with E-state index < -0.39 is 9.84 Å². The molecule has 9 heteroatoms. The van der Waals surface area contributed by atoms with Crippen LogP contribution in [0.5, 0.6) is 0 Å². The zero-order valence-electron chi connectivity index (χ0n) is 13.9. The minimum atomic E-state index is -2.89. The van der Waals surface area contributed by atoms with Gasteiger partial charge in [0.15, 0.2) is 14.8 Å². The molecule has 1 saturated heterocycles. The summed E-state index contributed by atoms with van der Waals surface area (Å²) in [4.78, 5) is 19.4. The van der Waals surface area contributed by atoms with E-state index in [1.807, 2.05) is 34.8 Å². The Balaban J connectivity index is 1.44. The maximum atomic E-state index is 12.0. The van der Waals surface area contributed by atoms with E-state index >= 15 is 0 Å². The number of aromatic nitrogens is 2. The molecule has 24 heavy (non-hydrogen) atoms. The molecule has 1 N–H and O–H groups in total. The number of amides is 1. The third kappa shape index (κ3) is 3.96. The van der Waals surface area contributed by atoms with E-state index in [2.05, 4.69) is 10.3 Å². The highest BCUT2D eigenvalue weighted by atomic mass is 32.2. The zero-order chi connectivity index (χ0) is 17.3. The van der Waals surface area contributed by atoms with Crippen molar-refractivity contribution in [2.75, 3.05) is 25.1 Å². The second kappa shape index (κ2) is 6.81. The van der Waals surface area contributed by atoms with E-state index in [-0.39, 0.29) is 23.5 Å². The van der Waals surface area contributed by atoms with Crippen LogP contribution in [0, 0.1) is 6.92 Å². The molecule has 3 rings (SSSR count). The van der Waals surface area contributed by atoms with Gasteiger partial charge in [-0.2, -0.15) is 0 Å². The minimum absolute atomic E-state index is 0.0331. The summed E-state index contributed by atoms with van der Waals surface area (Å²) in [6.07, 6.45) is 2.95. The molecular formula is C15H22N4O3S2. The molecule has 0 saturated carbocycles. The van der Waals surface area contributed by atoms with Gasteiger partial charge in [-0.05, 0) is 20.4 Å². The van der Waals surface area contributed by atoms with E-state index in [1.54, 1.807) is 11.3 Å². The van der Waals surface area contributed by atoms with E-state index in [1.165, 1.54) is 0 Å². The normalized spacial score (nSPS) is 20.0. The Morgan fingerprint density at radius 2 is 2.33 bits per heavy atom. The van der Waals surface area contributed by atoms with Crippen LogP contribution >= 0.6 is 11.3 Å². The maximum absolute atomic E-state index is 12.0. The van der Waals surface area contributed by atoms with Crippen LogP contribution in [0.15, 0.2) is 11.6 Å². The molecule has 132 valence electrons. The lowest BCUT2D eigenvalue weighted by molar-refractivity contribution is -0.121. The number of carbonyl (C=O) groups is 1. The molecule has 1 amide bonds. The Hall–Kier alpha value is -1.45. The summed E-state index contributed by atoms with van der Waals surface area (Å²) in [6, 6.07) is 0.0331. The Morgan fingerprint density at radius 1 is 1.54 bits per heavy atom. The highest BCUT2D eigenvalue weighted by Crippen LogP contribution is 2.17. The van der Waals surface area contributed by atoms with Crippen molar-refractivity contribution in [2.24, 2.45) is 0 Å². The van der Waals surface area contributed by atoms with Crippen LogP contribution in [0.2, 0.25) is 0 Å². The fourth-order valence-electron chi connectivity index (χ4n) is 2.89. The Kier molecular flexibility index (Phi) is 4.93. The number of aryl methyl sites for hydroxylation is 1. The zero-order valence-corrected chi connectivity index (χ0v) is 15.5. The molecule has 2 aromatic rings. The van der Waals surface area contributed by atoms with Gasteiger partial charge < -0.3 is 10.2 Å². The van der Waals surface area contributed by atoms with Crippen molar-refractivity contribution in [2.45, 2.75) is 32.4 Å². The number of carbonyl (C=O) groups excluding carboxylic acids is 1. The summed E-state index contributed by atoms with van der Waals surface area (Å²) in [6.45, 7) is 2.99. The van der Waals surface area contributed by atoms with Gasteiger partial charge in [0.1, 0.15) is 0 Å². The van der Waals surface area contributed by atoms with Crippen molar-refractivity contribution >= 4 is 32.0 Å². The minimum Gasteiger partial charge on any atom is -0.350 e. The molecule has 1 aliphatic rings. The summed E-state index contributed by atoms with van der Waals surface area (Å²) >= 11 is 1.58. The van der Waals surface area contributed by atoms with E-state index in [4.69, 9.17) is 0 Å².